The van der Waals surface area contributed by atoms with E-state index in [1.54, 1.807) is 0 Å². The molecule has 1 saturated heterocycles. The number of hydrogen-bond acceptors (Lipinski definition) is 5. The van der Waals surface area contributed by atoms with Gasteiger partial charge < -0.3 is 14.9 Å². The molecule has 0 saturated carbocycles. The average Bonchev–Trinajstić information content (AvgIpc) is 3.52. The summed E-state index contributed by atoms with van der Waals surface area (Å²) in [5, 5.41) is 19.5. The Morgan fingerprint density at radius 3 is 2.41 bits per heavy atom. The van der Waals surface area contributed by atoms with E-state index in [4.69, 9.17) is 29.6 Å². The Hall–Kier alpha value is -3.75. The van der Waals surface area contributed by atoms with Crippen molar-refractivity contribution in [1.29, 1.82) is 0 Å². The molecule has 0 amide bonds. The predicted molar refractivity (Wildman–Crippen MR) is 138 cm³/mol. The molecule has 3 aliphatic rings. The standard InChI is InChI=1S/C27H29N3O.C2H2O4/c1-2-9-23(10-3-1)30-26-12-6-8-21(24(26)19-28-30)13-16-29-17-14-27(15-18-29)25-11-5-4-7-22(25)20-31-27;3-1(4)2(5)6/h1-5,7,9-11,13,19H,6,8,12,14-18,20H2;(H,3,4)(H,5,6)/b21-13+;. The second-order valence-corrected chi connectivity index (χ2v) is 9.69. The van der Waals surface area contributed by atoms with Gasteiger partial charge in [-0.15, -0.1) is 0 Å². The molecule has 8 heteroatoms. The number of para-hydroxylation sites is 1. The van der Waals surface area contributed by atoms with Crippen LogP contribution in [0.15, 0.2) is 66.9 Å². The Bertz CT molecular complexity index is 1290. The molecule has 2 aliphatic heterocycles. The highest BCUT2D eigenvalue weighted by Crippen LogP contribution is 2.44. The first-order chi connectivity index (χ1) is 18.0. The Morgan fingerprint density at radius 2 is 1.68 bits per heavy atom. The van der Waals surface area contributed by atoms with Crippen LogP contribution in [0, 0.1) is 0 Å². The highest BCUT2D eigenvalue weighted by Gasteiger charge is 2.42. The fraction of sp³-hybridized carbons (Fsp3) is 0.345. The maximum absolute atomic E-state index is 9.10. The van der Waals surface area contributed by atoms with E-state index >= 15 is 0 Å². The number of rotatable bonds is 3. The molecule has 37 heavy (non-hydrogen) atoms. The van der Waals surface area contributed by atoms with Crippen LogP contribution in [0.1, 0.15) is 48.1 Å². The summed E-state index contributed by atoms with van der Waals surface area (Å²) in [6.07, 6.45) is 10.2. The zero-order valence-corrected chi connectivity index (χ0v) is 20.7. The van der Waals surface area contributed by atoms with Crippen molar-refractivity contribution in [3.8, 4) is 5.69 Å². The number of carboxylic acids is 2. The summed E-state index contributed by atoms with van der Waals surface area (Å²) in [6.45, 7) is 3.97. The molecule has 0 atom stereocenters. The lowest BCUT2D eigenvalue weighted by Crippen LogP contribution is -2.42. The van der Waals surface area contributed by atoms with Gasteiger partial charge in [0.1, 0.15) is 0 Å². The molecule has 2 aromatic carbocycles. The lowest BCUT2D eigenvalue weighted by molar-refractivity contribution is -0.159. The highest BCUT2D eigenvalue weighted by molar-refractivity contribution is 6.27. The van der Waals surface area contributed by atoms with Crippen LogP contribution in [0.4, 0.5) is 0 Å². The van der Waals surface area contributed by atoms with Gasteiger partial charge in [0.15, 0.2) is 0 Å². The van der Waals surface area contributed by atoms with Crippen LogP contribution in [0.25, 0.3) is 11.3 Å². The van der Waals surface area contributed by atoms with Gasteiger partial charge in [0.25, 0.3) is 0 Å². The normalized spacial score (nSPS) is 19.1. The van der Waals surface area contributed by atoms with Crippen LogP contribution in [0.2, 0.25) is 0 Å². The molecule has 6 rings (SSSR count). The van der Waals surface area contributed by atoms with Crippen LogP contribution in [0.5, 0.6) is 0 Å². The number of allylic oxidation sites excluding steroid dienone is 1. The van der Waals surface area contributed by atoms with Crippen molar-refractivity contribution in [2.45, 2.75) is 44.3 Å². The fourth-order valence-corrected chi connectivity index (χ4v) is 5.60. The summed E-state index contributed by atoms with van der Waals surface area (Å²) in [7, 11) is 0. The molecule has 1 aliphatic carbocycles. The molecule has 1 spiro atoms. The van der Waals surface area contributed by atoms with Crippen LogP contribution < -0.4 is 0 Å². The number of benzene rings is 2. The molecule has 0 radical (unpaired) electrons. The van der Waals surface area contributed by atoms with Crippen molar-refractivity contribution in [2.75, 3.05) is 19.6 Å². The Balaban J connectivity index is 0.000000421. The first-order valence-electron chi connectivity index (χ1n) is 12.7. The summed E-state index contributed by atoms with van der Waals surface area (Å²) in [5.74, 6) is -3.65. The summed E-state index contributed by atoms with van der Waals surface area (Å²) in [4.78, 5) is 20.8. The molecular weight excluding hydrogens is 470 g/mol. The van der Waals surface area contributed by atoms with Gasteiger partial charge in [0, 0.05) is 25.2 Å². The smallest absolute Gasteiger partial charge is 0.414 e. The maximum atomic E-state index is 9.10. The molecule has 2 N–H and O–H groups in total. The zero-order chi connectivity index (χ0) is 25.8. The number of hydrogen-bond donors (Lipinski definition) is 2. The van der Waals surface area contributed by atoms with E-state index in [0.717, 1.165) is 57.6 Å². The van der Waals surface area contributed by atoms with Gasteiger partial charge >= 0.3 is 11.9 Å². The van der Waals surface area contributed by atoms with Crippen molar-refractivity contribution in [3.05, 3.63) is 89.3 Å². The third-order valence-electron chi connectivity index (χ3n) is 7.53. The molecule has 1 aromatic heterocycles. The number of carbonyl (C=O) groups is 2. The Kier molecular flexibility index (Phi) is 7.21. The number of aliphatic carboxylic acids is 2. The van der Waals surface area contributed by atoms with Gasteiger partial charge in [-0.2, -0.15) is 5.10 Å². The molecule has 3 aromatic rings. The second kappa shape index (κ2) is 10.7. The Labute approximate surface area is 215 Å². The van der Waals surface area contributed by atoms with E-state index in [9.17, 15) is 0 Å². The zero-order valence-electron chi connectivity index (χ0n) is 20.7. The number of aromatic nitrogens is 2. The molecule has 1 fully saturated rings. The van der Waals surface area contributed by atoms with Crippen molar-refractivity contribution in [1.82, 2.24) is 14.7 Å². The summed E-state index contributed by atoms with van der Waals surface area (Å²) in [5.41, 5.74) is 8.08. The van der Waals surface area contributed by atoms with Gasteiger partial charge in [-0.25, -0.2) is 14.3 Å². The average molecular weight is 502 g/mol. The number of fused-ring (bicyclic) bond motifs is 3. The van der Waals surface area contributed by atoms with Crippen molar-refractivity contribution in [3.63, 3.8) is 0 Å². The number of piperidine rings is 1. The number of likely N-dealkylation sites (tertiary alicyclic amines) is 1. The Morgan fingerprint density at radius 1 is 0.973 bits per heavy atom. The quantitative estimate of drug-likeness (QED) is 0.517. The van der Waals surface area contributed by atoms with Crippen LogP contribution in [0.3, 0.4) is 0 Å². The van der Waals surface area contributed by atoms with E-state index in [1.807, 2.05) is 0 Å². The lowest BCUT2D eigenvalue weighted by atomic mass is 9.84. The number of ether oxygens (including phenoxy) is 1. The van der Waals surface area contributed by atoms with E-state index in [0.29, 0.717) is 0 Å². The highest BCUT2D eigenvalue weighted by atomic mass is 16.5. The van der Waals surface area contributed by atoms with E-state index in [2.05, 4.69) is 76.5 Å². The van der Waals surface area contributed by atoms with Crippen molar-refractivity contribution < 1.29 is 24.5 Å². The van der Waals surface area contributed by atoms with Crippen LogP contribution >= 0.6 is 0 Å². The largest absolute Gasteiger partial charge is 0.473 e. The minimum atomic E-state index is -1.82. The molecule has 8 nitrogen and oxygen atoms in total. The summed E-state index contributed by atoms with van der Waals surface area (Å²) in [6, 6.07) is 19.3. The molecule has 192 valence electrons. The third kappa shape index (κ3) is 5.21. The number of nitrogens with zero attached hydrogens (tertiary/aromatic N) is 3. The molecular formula is C29H31N3O5. The van der Waals surface area contributed by atoms with Gasteiger partial charge in [0.05, 0.1) is 29.8 Å². The fourth-order valence-electron chi connectivity index (χ4n) is 5.60. The molecule has 0 unspecified atom stereocenters. The van der Waals surface area contributed by atoms with E-state index < -0.39 is 11.9 Å². The maximum Gasteiger partial charge on any atom is 0.414 e. The minimum absolute atomic E-state index is 0.0466. The van der Waals surface area contributed by atoms with Gasteiger partial charge in [0.2, 0.25) is 0 Å². The van der Waals surface area contributed by atoms with Crippen LogP contribution in [-0.2, 0) is 33.0 Å². The molecule has 0 bridgehead atoms. The van der Waals surface area contributed by atoms with Crippen molar-refractivity contribution >= 4 is 17.5 Å². The SMILES string of the molecule is C(/CN1CCC2(CC1)OCc1ccccc12)=C1/CCCc2c1cnn2-c1ccccc1.O=C(O)C(=O)O. The predicted octanol–water partition coefficient (Wildman–Crippen LogP) is 4.27. The van der Waals surface area contributed by atoms with Gasteiger partial charge in [-0.3, -0.25) is 4.90 Å². The molecule has 3 heterocycles. The third-order valence-corrected chi connectivity index (χ3v) is 7.53. The van der Waals surface area contributed by atoms with Crippen molar-refractivity contribution in [2.24, 2.45) is 0 Å². The monoisotopic (exact) mass is 501 g/mol. The van der Waals surface area contributed by atoms with Gasteiger partial charge in [-0.05, 0) is 60.9 Å². The topological polar surface area (TPSA) is 105 Å². The number of carboxylic acid groups (broad SMARTS) is 2. The summed E-state index contributed by atoms with van der Waals surface area (Å²) < 4.78 is 8.46. The van der Waals surface area contributed by atoms with Gasteiger partial charge in [-0.1, -0.05) is 48.5 Å². The second-order valence-electron chi connectivity index (χ2n) is 9.69. The lowest BCUT2D eigenvalue weighted by Gasteiger charge is -2.39. The van der Waals surface area contributed by atoms with E-state index in [1.165, 1.54) is 34.4 Å². The van der Waals surface area contributed by atoms with E-state index in [-0.39, 0.29) is 5.60 Å². The minimum Gasteiger partial charge on any atom is -0.473 e. The first-order valence-corrected chi connectivity index (χ1v) is 12.7. The summed E-state index contributed by atoms with van der Waals surface area (Å²) >= 11 is 0. The van der Waals surface area contributed by atoms with Crippen LogP contribution in [-0.4, -0.2) is 56.5 Å². The first kappa shape index (κ1) is 24.9.